The van der Waals surface area contributed by atoms with Crippen molar-refractivity contribution in [3.8, 4) is 0 Å². The van der Waals surface area contributed by atoms with E-state index < -0.39 is 11.5 Å². The molecule has 0 radical (unpaired) electrons. The first kappa shape index (κ1) is 22.7. The van der Waals surface area contributed by atoms with E-state index in [4.69, 9.17) is 11.6 Å². The number of rotatable bonds is 5. The number of aliphatic hydroxyl groups excluding tert-OH is 1. The second-order valence-electron chi connectivity index (χ2n) is 9.47. The second-order valence-corrected chi connectivity index (χ2v) is 9.90. The smallest absolute Gasteiger partial charge is 0.226 e. The van der Waals surface area contributed by atoms with Crippen LogP contribution in [0.15, 0.2) is 36.5 Å². The zero-order valence-corrected chi connectivity index (χ0v) is 19.4. The molecular formula is C25H29ClFN3O2. The van der Waals surface area contributed by atoms with Crippen molar-refractivity contribution in [2.45, 2.75) is 46.1 Å². The Kier molecular flexibility index (Phi) is 6.28. The molecule has 1 atom stereocenters. The van der Waals surface area contributed by atoms with E-state index in [1.54, 1.807) is 25.3 Å². The molecule has 1 fully saturated rings. The molecule has 2 heterocycles. The van der Waals surface area contributed by atoms with Crippen molar-refractivity contribution in [2.24, 2.45) is 11.3 Å². The summed E-state index contributed by atoms with van der Waals surface area (Å²) in [5.74, 6) is -0.0356. The average molecular weight is 458 g/mol. The van der Waals surface area contributed by atoms with Crippen LogP contribution in [0.25, 0.3) is 10.9 Å². The second kappa shape index (κ2) is 8.83. The van der Waals surface area contributed by atoms with Crippen molar-refractivity contribution < 1.29 is 14.3 Å². The average Bonchev–Trinajstić information content (AvgIpc) is 3.23. The Balaban J connectivity index is 1.42. The van der Waals surface area contributed by atoms with Gasteiger partial charge in [0.25, 0.3) is 0 Å². The molecule has 0 spiro atoms. The number of likely N-dealkylation sites (tertiary alicyclic amines) is 1. The summed E-state index contributed by atoms with van der Waals surface area (Å²) in [6, 6.07) is 8.59. The van der Waals surface area contributed by atoms with Crippen LogP contribution in [0.3, 0.4) is 0 Å². The van der Waals surface area contributed by atoms with E-state index >= 15 is 0 Å². The molecule has 2 aromatic carbocycles. The van der Waals surface area contributed by atoms with Gasteiger partial charge >= 0.3 is 0 Å². The number of carbonyl (C=O) groups excluding carboxylic acids is 1. The molecule has 1 aliphatic rings. The number of aromatic nitrogens is 2. The maximum Gasteiger partial charge on any atom is 0.226 e. The summed E-state index contributed by atoms with van der Waals surface area (Å²) in [5.41, 5.74) is 2.40. The number of hydrogen-bond acceptors (Lipinski definition) is 3. The normalized spacial score (nSPS) is 16.5. The monoisotopic (exact) mass is 457 g/mol. The van der Waals surface area contributed by atoms with Gasteiger partial charge in [-0.05, 0) is 60.4 Å². The van der Waals surface area contributed by atoms with Crippen molar-refractivity contribution in [1.29, 1.82) is 0 Å². The maximum atomic E-state index is 13.8. The van der Waals surface area contributed by atoms with Gasteiger partial charge in [-0.3, -0.25) is 9.89 Å². The van der Waals surface area contributed by atoms with Gasteiger partial charge in [-0.2, -0.15) is 5.10 Å². The molecule has 0 bridgehead atoms. The number of hydrogen-bond donors (Lipinski definition) is 2. The summed E-state index contributed by atoms with van der Waals surface area (Å²) >= 11 is 6.28. The zero-order valence-electron chi connectivity index (χ0n) is 18.7. The Labute approximate surface area is 192 Å². The maximum absolute atomic E-state index is 13.8. The van der Waals surface area contributed by atoms with Gasteiger partial charge in [0.2, 0.25) is 5.91 Å². The fraction of sp³-hybridized carbons (Fsp3) is 0.440. The number of fused-ring (bicyclic) bond motifs is 1. The number of amides is 1. The summed E-state index contributed by atoms with van der Waals surface area (Å²) in [5, 5.41) is 19.8. The number of aryl methyl sites for hydroxylation is 1. The van der Waals surface area contributed by atoms with E-state index in [9.17, 15) is 14.3 Å². The predicted octanol–water partition coefficient (Wildman–Crippen LogP) is 5.20. The Hall–Kier alpha value is -2.44. The van der Waals surface area contributed by atoms with Crippen LogP contribution in [0.5, 0.6) is 0 Å². The third-order valence-corrected chi connectivity index (χ3v) is 7.25. The number of benzene rings is 2. The van der Waals surface area contributed by atoms with E-state index in [-0.39, 0.29) is 24.1 Å². The summed E-state index contributed by atoms with van der Waals surface area (Å²) in [4.78, 5) is 14.6. The van der Waals surface area contributed by atoms with Gasteiger partial charge in [0.15, 0.2) is 0 Å². The Morgan fingerprint density at radius 2 is 2.03 bits per heavy atom. The largest absolute Gasteiger partial charge is 0.388 e. The topological polar surface area (TPSA) is 69.2 Å². The zero-order chi connectivity index (χ0) is 23.0. The third-order valence-electron chi connectivity index (χ3n) is 7.03. The van der Waals surface area contributed by atoms with Crippen molar-refractivity contribution in [3.05, 3.63) is 64.1 Å². The lowest BCUT2D eigenvalue weighted by Gasteiger charge is -2.43. The quantitative estimate of drug-likeness (QED) is 0.553. The first-order valence-corrected chi connectivity index (χ1v) is 11.4. The Bertz CT molecular complexity index is 1140. The highest BCUT2D eigenvalue weighted by Gasteiger charge is 2.40. The number of nitrogens with zero attached hydrogens (tertiary/aromatic N) is 2. The molecule has 2 N–H and O–H groups in total. The van der Waals surface area contributed by atoms with Gasteiger partial charge in [-0.1, -0.05) is 37.6 Å². The Morgan fingerprint density at radius 3 is 2.72 bits per heavy atom. The van der Waals surface area contributed by atoms with E-state index in [2.05, 4.69) is 24.0 Å². The number of H-pyrrole nitrogens is 1. The highest BCUT2D eigenvalue weighted by Crippen LogP contribution is 2.46. The van der Waals surface area contributed by atoms with Crippen molar-refractivity contribution in [3.63, 3.8) is 0 Å². The molecule has 32 heavy (non-hydrogen) atoms. The SMILES string of the molecule is Cc1ccc(CC(=O)N2CCC(C(C)(C)[C@H](O)c3cc(Cl)cc4cn[nH]c34)CC2)cc1F. The van der Waals surface area contributed by atoms with Gasteiger partial charge in [-0.15, -0.1) is 0 Å². The standard InChI is InChI=1S/C25H29ClFN3O2/c1-15-4-5-16(10-21(15)27)11-22(31)30-8-6-18(7-9-30)25(2,3)24(32)20-13-19(26)12-17-14-28-29-23(17)20/h4-5,10,12-14,18,24,32H,6-9,11H2,1-3H3,(H,28,29)/t24-/m1/s1. The molecule has 0 aliphatic carbocycles. The fourth-order valence-corrected chi connectivity index (χ4v) is 5.03. The van der Waals surface area contributed by atoms with Crippen LogP contribution in [-0.2, 0) is 11.2 Å². The van der Waals surface area contributed by atoms with Crippen molar-refractivity contribution >= 4 is 28.4 Å². The highest BCUT2D eigenvalue weighted by atomic mass is 35.5. The first-order chi connectivity index (χ1) is 15.2. The molecule has 1 aromatic heterocycles. The molecule has 4 rings (SSSR count). The van der Waals surface area contributed by atoms with Crippen LogP contribution in [0.4, 0.5) is 4.39 Å². The van der Waals surface area contributed by atoms with Crippen molar-refractivity contribution in [2.75, 3.05) is 13.1 Å². The fourth-order valence-electron chi connectivity index (χ4n) is 4.79. The van der Waals surface area contributed by atoms with E-state index in [1.807, 2.05) is 17.0 Å². The van der Waals surface area contributed by atoms with Gasteiger partial charge in [-0.25, -0.2) is 4.39 Å². The van der Waals surface area contributed by atoms with E-state index in [0.29, 0.717) is 29.2 Å². The number of aromatic amines is 1. The minimum Gasteiger partial charge on any atom is -0.388 e. The summed E-state index contributed by atoms with van der Waals surface area (Å²) in [6.07, 6.45) is 2.77. The molecule has 1 saturated heterocycles. The number of nitrogens with one attached hydrogen (secondary N) is 1. The molecule has 1 aliphatic heterocycles. The Morgan fingerprint density at radius 1 is 1.31 bits per heavy atom. The third kappa shape index (κ3) is 4.39. The number of halogens is 2. The molecular weight excluding hydrogens is 429 g/mol. The first-order valence-electron chi connectivity index (χ1n) is 11.0. The van der Waals surface area contributed by atoms with Crippen LogP contribution in [0.2, 0.25) is 5.02 Å². The van der Waals surface area contributed by atoms with E-state index in [0.717, 1.165) is 29.3 Å². The minimum atomic E-state index is -0.730. The minimum absolute atomic E-state index is 0.0130. The molecule has 5 nitrogen and oxygen atoms in total. The van der Waals surface area contributed by atoms with Crippen LogP contribution >= 0.6 is 11.6 Å². The van der Waals surface area contributed by atoms with Crippen LogP contribution in [-0.4, -0.2) is 39.2 Å². The lowest BCUT2D eigenvalue weighted by Crippen LogP contribution is -2.44. The summed E-state index contributed by atoms with van der Waals surface area (Å²) < 4.78 is 13.8. The molecule has 0 unspecified atom stereocenters. The highest BCUT2D eigenvalue weighted by molar-refractivity contribution is 6.31. The van der Waals surface area contributed by atoms with Crippen LogP contribution < -0.4 is 0 Å². The predicted molar refractivity (Wildman–Crippen MR) is 124 cm³/mol. The summed E-state index contributed by atoms with van der Waals surface area (Å²) in [6.45, 7) is 7.10. The van der Waals surface area contributed by atoms with Crippen LogP contribution in [0, 0.1) is 24.1 Å². The van der Waals surface area contributed by atoms with Crippen molar-refractivity contribution in [1.82, 2.24) is 15.1 Å². The lowest BCUT2D eigenvalue weighted by molar-refractivity contribution is -0.133. The van der Waals surface area contributed by atoms with E-state index in [1.165, 1.54) is 6.07 Å². The molecule has 1 amide bonds. The number of piperidine rings is 1. The lowest BCUT2D eigenvalue weighted by atomic mass is 9.68. The molecule has 3 aromatic rings. The van der Waals surface area contributed by atoms with Gasteiger partial charge in [0, 0.05) is 29.1 Å². The molecule has 0 saturated carbocycles. The molecule has 7 heteroatoms. The van der Waals surface area contributed by atoms with Crippen LogP contribution in [0.1, 0.15) is 49.5 Å². The van der Waals surface area contributed by atoms with Gasteiger partial charge < -0.3 is 10.0 Å². The molecule has 170 valence electrons. The van der Waals surface area contributed by atoms with Gasteiger partial charge in [0.1, 0.15) is 5.82 Å². The number of carbonyl (C=O) groups is 1. The summed E-state index contributed by atoms with van der Waals surface area (Å²) in [7, 11) is 0. The van der Waals surface area contributed by atoms with Gasteiger partial charge in [0.05, 0.1) is 24.2 Å². The number of aliphatic hydroxyl groups is 1.